The van der Waals surface area contributed by atoms with E-state index in [1.54, 1.807) is 11.3 Å². The van der Waals surface area contributed by atoms with Crippen molar-refractivity contribution in [3.8, 4) is 0 Å². The summed E-state index contributed by atoms with van der Waals surface area (Å²) in [6.07, 6.45) is 0.957. The van der Waals surface area contributed by atoms with Gasteiger partial charge in [0.1, 0.15) is 0 Å². The van der Waals surface area contributed by atoms with Gasteiger partial charge in [-0.2, -0.15) is 0 Å². The predicted molar refractivity (Wildman–Crippen MR) is 80.7 cm³/mol. The van der Waals surface area contributed by atoms with E-state index in [0.29, 0.717) is 0 Å². The molecule has 0 radical (unpaired) electrons. The zero-order chi connectivity index (χ0) is 13.9. The average molecular weight is 287 g/mol. The van der Waals surface area contributed by atoms with Gasteiger partial charge in [0.05, 0.1) is 5.69 Å². The highest BCUT2D eigenvalue weighted by Crippen LogP contribution is 2.28. The molecular weight excluding hydrogens is 270 g/mol. The molecule has 2 heterocycles. The average Bonchev–Trinajstić information content (AvgIpc) is 2.80. The van der Waals surface area contributed by atoms with Crippen molar-refractivity contribution in [2.45, 2.75) is 26.4 Å². The van der Waals surface area contributed by atoms with Gasteiger partial charge in [-0.1, -0.05) is 30.3 Å². The van der Waals surface area contributed by atoms with E-state index < -0.39 is 0 Å². The second-order valence-electron chi connectivity index (χ2n) is 5.02. The van der Waals surface area contributed by atoms with E-state index in [1.165, 1.54) is 17.4 Å². The van der Waals surface area contributed by atoms with E-state index in [-0.39, 0.29) is 5.91 Å². The minimum atomic E-state index is -0.0581. The molecule has 1 aromatic heterocycles. The summed E-state index contributed by atoms with van der Waals surface area (Å²) in [5, 5.41) is 3.50. The molecule has 4 nitrogen and oxygen atoms in total. The standard InChI is InChI=1S/C15H17N3OS/c1-11(19)16-15-17-13-7-8-18(10-14(13)20-15)9-12-5-3-2-4-6-12/h2-6H,7-10H2,1H3,(H,16,17,19). The van der Waals surface area contributed by atoms with Crippen LogP contribution in [0.1, 0.15) is 23.1 Å². The van der Waals surface area contributed by atoms with Crippen molar-refractivity contribution in [2.24, 2.45) is 0 Å². The molecule has 0 saturated heterocycles. The molecule has 3 rings (SSSR count). The normalized spacial score (nSPS) is 14.8. The van der Waals surface area contributed by atoms with E-state index in [0.717, 1.165) is 36.9 Å². The lowest BCUT2D eigenvalue weighted by atomic mass is 10.1. The Morgan fingerprint density at radius 3 is 2.95 bits per heavy atom. The monoisotopic (exact) mass is 287 g/mol. The van der Waals surface area contributed by atoms with Crippen molar-refractivity contribution in [1.29, 1.82) is 0 Å². The van der Waals surface area contributed by atoms with E-state index in [4.69, 9.17) is 0 Å². The Labute approximate surface area is 122 Å². The number of benzene rings is 1. The molecule has 1 N–H and O–H groups in total. The predicted octanol–water partition coefficient (Wildman–Crippen LogP) is 2.66. The first-order valence-electron chi connectivity index (χ1n) is 6.73. The zero-order valence-electron chi connectivity index (χ0n) is 11.4. The summed E-state index contributed by atoms with van der Waals surface area (Å²) in [7, 11) is 0. The quantitative estimate of drug-likeness (QED) is 0.944. The van der Waals surface area contributed by atoms with E-state index in [1.807, 2.05) is 6.07 Å². The van der Waals surface area contributed by atoms with Crippen molar-refractivity contribution < 1.29 is 4.79 Å². The molecule has 0 aliphatic carbocycles. The number of aromatic nitrogens is 1. The second kappa shape index (κ2) is 5.73. The number of rotatable bonds is 3. The summed E-state index contributed by atoms with van der Waals surface area (Å²) in [5.41, 5.74) is 2.48. The molecule has 0 spiro atoms. The number of anilines is 1. The number of carbonyl (C=O) groups is 1. The van der Waals surface area contributed by atoms with E-state index >= 15 is 0 Å². The number of hydrogen-bond donors (Lipinski definition) is 1. The van der Waals surface area contributed by atoms with Gasteiger partial charge in [0.15, 0.2) is 5.13 Å². The number of fused-ring (bicyclic) bond motifs is 1. The van der Waals surface area contributed by atoms with Gasteiger partial charge in [-0.3, -0.25) is 9.69 Å². The van der Waals surface area contributed by atoms with Crippen LogP contribution in [-0.4, -0.2) is 22.3 Å². The highest BCUT2D eigenvalue weighted by atomic mass is 32.1. The third-order valence-electron chi connectivity index (χ3n) is 3.34. The molecule has 5 heteroatoms. The molecule has 104 valence electrons. The highest BCUT2D eigenvalue weighted by molar-refractivity contribution is 7.15. The molecular formula is C15H17N3OS. The van der Waals surface area contributed by atoms with E-state index in [9.17, 15) is 4.79 Å². The van der Waals surface area contributed by atoms with E-state index in [2.05, 4.69) is 39.5 Å². The topological polar surface area (TPSA) is 45.2 Å². The minimum absolute atomic E-state index is 0.0581. The number of thiazole rings is 1. The van der Waals surface area contributed by atoms with Gasteiger partial charge >= 0.3 is 0 Å². The molecule has 0 bridgehead atoms. The molecule has 0 fully saturated rings. The summed E-state index contributed by atoms with van der Waals surface area (Å²) in [4.78, 5) is 19.3. The Hall–Kier alpha value is -1.72. The lowest BCUT2D eigenvalue weighted by Gasteiger charge is -2.25. The van der Waals surface area contributed by atoms with Crippen molar-refractivity contribution in [1.82, 2.24) is 9.88 Å². The van der Waals surface area contributed by atoms with Crippen LogP contribution in [0.3, 0.4) is 0 Å². The first kappa shape index (κ1) is 13.3. The van der Waals surface area contributed by atoms with Gasteiger partial charge < -0.3 is 5.32 Å². The summed E-state index contributed by atoms with van der Waals surface area (Å²) in [5.74, 6) is -0.0581. The third kappa shape index (κ3) is 3.05. The molecule has 20 heavy (non-hydrogen) atoms. The SMILES string of the molecule is CC(=O)Nc1nc2c(s1)CN(Cc1ccccc1)CC2. The fourth-order valence-corrected chi connectivity index (χ4v) is 3.53. The van der Waals surface area contributed by atoms with Crippen LogP contribution in [-0.2, 0) is 24.3 Å². The van der Waals surface area contributed by atoms with Crippen LogP contribution in [0.25, 0.3) is 0 Å². The maximum Gasteiger partial charge on any atom is 0.223 e. The highest BCUT2D eigenvalue weighted by Gasteiger charge is 2.20. The molecule has 2 aromatic rings. The smallest absolute Gasteiger partial charge is 0.223 e. The Balaban J connectivity index is 1.69. The van der Waals surface area contributed by atoms with Crippen LogP contribution < -0.4 is 5.32 Å². The van der Waals surface area contributed by atoms with Gasteiger partial charge in [-0.05, 0) is 5.56 Å². The minimum Gasteiger partial charge on any atom is -0.302 e. The Kier molecular flexibility index (Phi) is 3.80. The molecule has 1 amide bonds. The maximum absolute atomic E-state index is 11.1. The van der Waals surface area contributed by atoms with Gasteiger partial charge in [-0.25, -0.2) is 4.98 Å². The van der Waals surface area contributed by atoms with Crippen LogP contribution in [0.15, 0.2) is 30.3 Å². The van der Waals surface area contributed by atoms with Crippen molar-refractivity contribution in [3.05, 3.63) is 46.5 Å². The lowest BCUT2D eigenvalue weighted by Crippen LogP contribution is -2.29. The summed E-state index contributed by atoms with van der Waals surface area (Å²) in [6.45, 7) is 4.42. The molecule has 1 aromatic carbocycles. The number of carbonyl (C=O) groups excluding carboxylic acids is 1. The van der Waals surface area contributed by atoms with Crippen molar-refractivity contribution in [2.75, 3.05) is 11.9 Å². The third-order valence-corrected chi connectivity index (χ3v) is 4.34. The molecule has 0 atom stereocenters. The first-order valence-corrected chi connectivity index (χ1v) is 7.55. The summed E-state index contributed by atoms with van der Waals surface area (Å²) >= 11 is 1.59. The zero-order valence-corrected chi connectivity index (χ0v) is 12.2. The first-order chi connectivity index (χ1) is 9.70. The lowest BCUT2D eigenvalue weighted by molar-refractivity contribution is -0.114. The molecule has 0 saturated carbocycles. The van der Waals surface area contributed by atoms with Crippen molar-refractivity contribution >= 4 is 22.4 Å². The van der Waals surface area contributed by atoms with Crippen LogP contribution in [0, 0.1) is 0 Å². The fourth-order valence-electron chi connectivity index (χ4n) is 2.43. The number of nitrogens with zero attached hydrogens (tertiary/aromatic N) is 2. The molecule has 1 aliphatic rings. The van der Waals surface area contributed by atoms with Crippen LogP contribution in [0.5, 0.6) is 0 Å². The summed E-state index contributed by atoms with van der Waals surface area (Å²) in [6, 6.07) is 10.5. The van der Waals surface area contributed by atoms with Crippen LogP contribution >= 0.6 is 11.3 Å². The second-order valence-corrected chi connectivity index (χ2v) is 6.10. The molecule has 0 unspecified atom stereocenters. The number of nitrogens with one attached hydrogen (secondary N) is 1. The largest absolute Gasteiger partial charge is 0.302 e. The van der Waals surface area contributed by atoms with Gasteiger partial charge in [0.2, 0.25) is 5.91 Å². The Bertz CT molecular complexity index is 609. The number of hydrogen-bond acceptors (Lipinski definition) is 4. The fraction of sp³-hybridized carbons (Fsp3) is 0.333. The van der Waals surface area contributed by atoms with Gasteiger partial charge in [-0.15, -0.1) is 11.3 Å². The van der Waals surface area contributed by atoms with Crippen LogP contribution in [0.2, 0.25) is 0 Å². The Morgan fingerprint density at radius 1 is 1.40 bits per heavy atom. The maximum atomic E-state index is 11.1. The Morgan fingerprint density at radius 2 is 2.20 bits per heavy atom. The summed E-state index contributed by atoms with van der Waals surface area (Å²) < 4.78 is 0. The van der Waals surface area contributed by atoms with Crippen molar-refractivity contribution in [3.63, 3.8) is 0 Å². The van der Waals surface area contributed by atoms with Gasteiger partial charge in [0, 0.05) is 37.9 Å². The van der Waals surface area contributed by atoms with Crippen LogP contribution in [0.4, 0.5) is 5.13 Å². The number of amides is 1. The van der Waals surface area contributed by atoms with Gasteiger partial charge in [0.25, 0.3) is 0 Å². The molecule has 1 aliphatic heterocycles.